The highest BCUT2D eigenvalue weighted by molar-refractivity contribution is 6.03. The van der Waals surface area contributed by atoms with Crippen LogP contribution < -0.4 is 15.5 Å². The van der Waals surface area contributed by atoms with Crippen LogP contribution >= 0.6 is 0 Å². The molecule has 1 fully saturated rings. The molecule has 1 saturated heterocycles. The van der Waals surface area contributed by atoms with Gasteiger partial charge in [-0.3, -0.25) is 19.2 Å². The summed E-state index contributed by atoms with van der Waals surface area (Å²) < 4.78 is 1.70. The van der Waals surface area contributed by atoms with Crippen LogP contribution in [-0.4, -0.2) is 44.4 Å². The molecule has 1 unspecified atom stereocenters. The Bertz CT molecular complexity index is 1030. The molecule has 2 N–H and O–H groups in total. The Morgan fingerprint density at radius 1 is 1.14 bits per heavy atom. The Labute approximate surface area is 167 Å². The lowest BCUT2D eigenvalue weighted by atomic mass is 10.2. The maximum atomic E-state index is 12.8. The third-order valence-electron chi connectivity index (χ3n) is 4.71. The summed E-state index contributed by atoms with van der Waals surface area (Å²) in [4.78, 5) is 26.7. The number of nitrogens with one attached hydrogen (secondary N) is 2. The average molecular weight is 391 g/mol. The summed E-state index contributed by atoms with van der Waals surface area (Å²) in [7, 11) is 1.82. The van der Waals surface area contributed by atoms with Crippen molar-refractivity contribution in [1.82, 2.24) is 20.0 Å². The molecule has 1 aliphatic heterocycles. The molecule has 2 amide bonds. The van der Waals surface area contributed by atoms with Crippen molar-refractivity contribution in [1.29, 1.82) is 0 Å². The third-order valence-corrected chi connectivity index (χ3v) is 4.71. The van der Waals surface area contributed by atoms with Gasteiger partial charge in [0.15, 0.2) is 5.69 Å². The van der Waals surface area contributed by atoms with E-state index in [1.165, 1.54) is 0 Å². The van der Waals surface area contributed by atoms with Gasteiger partial charge in [0.05, 0.1) is 5.69 Å². The van der Waals surface area contributed by atoms with E-state index in [1.54, 1.807) is 33.8 Å². The summed E-state index contributed by atoms with van der Waals surface area (Å²) in [6.07, 6.45) is 0.640. The number of rotatable bonds is 5. The van der Waals surface area contributed by atoms with Gasteiger partial charge in [0.1, 0.15) is 17.7 Å². The number of amides is 2. The van der Waals surface area contributed by atoms with Crippen molar-refractivity contribution in [3.63, 3.8) is 0 Å². The lowest BCUT2D eigenvalue weighted by Gasteiger charge is -2.17. The lowest BCUT2D eigenvalue weighted by molar-refractivity contribution is -0.117. The first-order valence-electron chi connectivity index (χ1n) is 9.30. The van der Waals surface area contributed by atoms with Crippen molar-refractivity contribution in [2.75, 3.05) is 22.1 Å². The number of benzene rings is 1. The first-order chi connectivity index (χ1) is 14.0. The van der Waals surface area contributed by atoms with Gasteiger partial charge in [-0.15, -0.1) is 10.2 Å². The van der Waals surface area contributed by atoms with Crippen molar-refractivity contribution < 1.29 is 9.59 Å². The van der Waals surface area contributed by atoms with Crippen molar-refractivity contribution in [2.24, 2.45) is 7.05 Å². The van der Waals surface area contributed by atoms with Crippen molar-refractivity contribution in [2.45, 2.75) is 19.4 Å². The van der Waals surface area contributed by atoms with Crippen LogP contribution in [0.3, 0.4) is 0 Å². The van der Waals surface area contributed by atoms with Gasteiger partial charge >= 0.3 is 0 Å². The molecule has 148 valence electrons. The monoisotopic (exact) mass is 391 g/mol. The van der Waals surface area contributed by atoms with E-state index in [0.717, 1.165) is 11.5 Å². The normalized spacial score (nSPS) is 16.1. The number of anilines is 3. The number of nitrogens with zero attached hydrogens (tertiary/aromatic N) is 5. The first-order valence-corrected chi connectivity index (χ1v) is 9.30. The quantitative estimate of drug-likeness (QED) is 0.689. The van der Waals surface area contributed by atoms with E-state index in [1.807, 2.05) is 38.2 Å². The van der Waals surface area contributed by atoms with Gasteiger partial charge in [0, 0.05) is 25.3 Å². The molecule has 0 spiro atoms. The summed E-state index contributed by atoms with van der Waals surface area (Å²) in [6.45, 7) is 2.49. The third kappa shape index (κ3) is 3.93. The van der Waals surface area contributed by atoms with Crippen molar-refractivity contribution in [3.8, 4) is 0 Å². The lowest BCUT2D eigenvalue weighted by Crippen LogP contribution is -2.34. The van der Waals surface area contributed by atoms with Crippen LogP contribution in [0.2, 0.25) is 0 Å². The molecule has 9 nitrogen and oxygen atoms in total. The maximum absolute atomic E-state index is 12.8. The predicted molar refractivity (Wildman–Crippen MR) is 109 cm³/mol. The second kappa shape index (κ2) is 7.70. The van der Waals surface area contributed by atoms with Crippen LogP contribution in [0.15, 0.2) is 48.5 Å². The number of para-hydroxylation sites is 1. The number of hydrogen-bond donors (Lipinski definition) is 2. The molecule has 3 aromatic rings. The van der Waals surface area contributed by atoms with Gasteiger partial charge in [0.25, 0.3) is 11.8 Å². The minimum absolute atomic E-state index is 0.0410. The Hall–Kier alpha value is -3.75. The van der Waals surface area contributed by atoms with E-state index < -0.39 is 6.04 Å². The highest BCUT2D eigenvalue weighted by Gasteiger charge is 2.34. The average Bonchev–Trinajstić information content (AvgIpc) is 3.24. The molecule has 0 aliphatic carbocycles. The molecule has 0 saturated carbocycles. The molecule has 2 aromatic heterocycles. The Kier molecular flexibility index (Phi) is 4.94. The fourth-order valence-electron chi connectivity index (χ4n) is 3.32. The number of carbonyl (C=O) groups is 2. The number of carbonyl (C=O) groups excluding carboxylic acids is 2. The second-order valence-corrected chi connectivity index (χ2v) is 6.87. The molecule has 1 aromatic carbocycles. The van der Waals surface area contributed by atoms with Crippen LogP contribution in [0.5, 0.6) is 0 Å². The van der Waals surface area contributed by atoms with Crippen LogP contribution in [0.25, 0.3) is 0 Å². The number of aromatic nitrogens is 4. The molecule has 1 atom stereocenters. The highest BCUT2D eigenvalue weighted by atomic mass is 16.2. The molecular weight excluding hydrogens is 370 g/mol. The first kappa shape index (κ1) is 18.6. The Morgan fingerprint density at radius 3 is 2.59 bits per heavy atom. The Balaban J connectivity index is 1.39. The summed E-state index contributed by atoms with van der Waals surface area (Å²) >= 11 is 0. The van der Waals surface area contributed by atoms with E-state index in [4.69, 9.17) is 0 Å². The predicted octanol–water partition coefficient (Wildman–Crippen LogP) is 1.99. The zero-order chi connectivity index (χ0) is 20.4. The van der Waals surface area contributed by atoms with Gasteiger partial charge < -0.3 is 10.6 Å². The molecule has 9 heteroatoms. The second-order valence-electron chi connectivity index (χ2n) is 6.87. The maximum Gasteiger partial charge on any atom is 0.276 e. The van der Waals surface area contributed by atoms with Crippen LogP contribution in [0, 0.1) is 6.92 Å². The molecule has 4 rings (SSSR count). The van der Waals surface area contributed by atoms with Crippen molar-refractivity contribution in [3.05, 3.63) is 59.9 Å². The van der Waals surface area contributed by atoms with Gasteiger partial charge in [-0.1, -0.05) is 18.2 Å². The molecule has 3 heterocycles. The largest absolute Gasteiger partial charge is 0.357 e. The topological polar surface area (TPSA) is 105 Å². The minimum atomic E-state index is -0.400. The van der Waals surface area contributed by atoms with E-state index in [9.17, 15) is 9.59 Å². The molecule has 0 bridgehead atoms. The summed E-state index contributed by atoms with van der Waals surface area (Å²) in [5.41, 5.74) is 1.75. The van der Waals surface area contributed by atoms with Gasteiger partial charge in [-0.25, -0.2) is 0 Å². The highest BCUT2D eigenvalue weighted by Crippen LogP contribution is 2.23. The molecule has 0 radical (unpaired) electrons. The fraction of sp³-hybridized carbons (Fsp3) is 0.250. The number of aryl methyl sites for hydroxylation is 2. The van der Waals surface area contributed by atoms with Crippen LogP contribution in [0.4, 0.5) is 17.3 Å². The zero-order valence-electron chi connectivity index (χ0n) is 16.2. The van der Waals surface area contributed by atoms with E-state index in [-0.39, 0.29) is 17.5 Å². The van der Waals surface area contributed by atoms with Gasteiger partial charge in [-0.2, -0.15) is 5.10 Å². The molecule has 1 aliphatic rings. The van der Waals surface area contributed by atoms with Crippen LogP contribution in [-0.2, 0) is 11.8 Å². The minimum Gasteiger partial charge on any atom is -0.357 e. The van der Waals surface area contributed by atoms with E-state index >= 15 is 0 Å². The Morgan fingerprint density at radius 2 is 1.93 bits per heavy atom. The molecule has 29 heavy (non-hydrogen) atoms. The smallest absolute Gasteiger partial charge is 0.276 e. The molecular formula is C20H21N7O2. The summed E-state index contributed by atoms with van der Waals surface area (Å²) in [5, 5.41) is 18.2. The summed E-state index contributed by atoms with van der Waals surface area (Å²) in [5.74, 6) is 0.837. The number of hydrogen-bond acceptors (Lipinski definition) is 6. The van der Waals surface area contributed by atoms with Crippen LogP contribution in [0.1, 0.15) is 22.6 Å². The van der Waals surface area contributed by atoms with Crippen molar-refractivity contribution >= 4 is 29.1 Å². The zero-order valence-corrected chi connectivity index (χ0v) is 16.2. The van der Waals surface area contributed by atoms with Gasteiger partial charge in [0.2, 0.25) is 0 Å². The fourth-order valence-corrected chi connectivity index (χ4v) is 3.32. The van der Waals surface area contributed by atoms with E-state index in [0.29, 0.717) is 24.5 Å². The standard InChI is InChI=1S/C20H21N7O2/c1-13-12-18(26(2)25-13)27-11-10-16(20(27)29)22-17-9-8-15(23-24-17)19(28)21-14-6-4-3-5-7-14/h3-9,12,16H,10-11H2,1-2H3,(H,21,28)(H,22,24). The van der Waals surface area contributed by atoms with E-state index in [2.05, 4.69) is 25.9 Å². The van der Waals surface area contributed by atoms with Gasteiger partial charge in [-0.05, 0) is 37.6 Å². The SMILES string of the molecule is Cc1cc(N2CCC(Nc3ccc(C(=O)Nc4ccccc4)nn3)C2=O)n(C)n1. The summed E-state index contributed by atoms with van der Waals surface area (Å²) in [6, 6.07) is 13.9.